The summed E-state index contributed by atoms with van der Waals surface area (Å²) in [4.78, 5) is 10.6. The second-order valence-corrected chi connectivity index (χ2v) is 3.11. The molecule has 0 amide bonds. The van der Waals surface area contributed by atoms with Crippen LogP contribution in [-0.2, 0) is 4.79 Å². The second kappa shape index (κ2) is 3.89. The first-order valence-electron chi connectivity index (χ1n) is 3.93. The monoisotopic (exact) mass is 210 g/mol. The first-order chi connectivity index (χ1) is 6.12. The fourth-order valence-electron chi connectivity index (χ4n) is 1.17. The Morgan fingerprint density at radius 3 is 1.43 bits per heavy atom. The van der Waals surface area contributed by atoms with Crippen molar-refractivity contribution in [1.29, 1.82) is 0 Å². The molecule has 0 spiro atoms. The molecule has 14 heavy (non-hydrogen) atoms. The van der Waals surface area contributed by atoms with Gasteiger partial charge in [0, 0.05) is 0 Å². The topological polar surface area (TPSA) is 138 Å². The fourth-order valence-corrected chi connectivity index (χ4v) is 1.17. The minimum atomic E-state index is -3.72. The molecule has 0 fully saturated rings. The van der Waals surface area contributed by atoms with E-state index in [0.717, 1.165) is 0 Å². The zero-order valence-corrected chi connectivity index (χ0v) is 7.58. The van der Waals surface area contributed by atoms with Crippen LogP contribution in [0.1, 0.15) is 19.8 Å². The van der Waals surface area contributed by atoms with E-state index in [1.807, 2.05) is 0 Å². The van der Waals surface area contributed by atoms with E-state index in [0.29, 0.717) is 0 Å². The van der Waals surface area contributed by atoms with E-state index >= 15 is 0 Å². The van der Waals surface area contributed by atoms with Gasteiger partial charge in [0.2, 0.25) is 0 Å². The van der Waals surface area contributed by atoms with Crippen LogP contribution in [0, 0.1) is 5.41 Å². The molecule has 6 N–H and O–H groups in total. The highest BCUT2D eigenvalue weighted by molar-refractivity contribution is 5.62. The lowest BCUT2D eigenvalue weighted by molar-refractivity contribution is -0.464. The standard InChI is InChI=1S/C7H14O7/c1-2-3-5(4-8,6(9,10)11)7(12,13)14/h4,9-14H,2-3H2,1H3. The number of hydrogen-bond donors (Lipinski definition) is 6. The van der Waals surface area contributed by atoms with Crippen molar-refractivity contribution in [2.75, 3.05) is 0 Å². The largest absolute Gasteiger partial charge is 0.343 e. The summed E-state index contributed by atoms with van der Waals surface area (Å²) in [5.41, 5.74) is -2.88. The van der Waals surface area contributed by atoms with Crippen LogP contribution >= 0.6 is 0 Å². The molecule has 84 valence electrons. The molecule has 0 aliphatic heterocycles. The summed E-state index contributed by atoms with van der Waals surface area (Å²) in [7, 11) is 0. The first-order valence-corrected chi connectivity index (χ1v) is 3.93. The van der Waals surface area contributed by atoms with Gasteiger partial charge < -0.3 is 35.4 Å². The highest BCUT2D eigenvalue weighted by atomic mass is 16.7. The molecule has 0 saturated carbocycles. The smallest absolute Gasteiger partial charge is 0.296 e. The molecule has 0 rings (SSSR count). The lowest BCUT2D eigenvalue weighted by atomic mass is 9.79. The number of carbonyl (C=O) groups is 1. The minimum Gasteiger partial charge on any atom is -0.343 e. The van der Waals surface area contributed by atoms with E-state index in [1.54, 1.807) is 0 Å². The lowest BCUT2D eigenvalue weighted by Gasteiger charge is -2.40. The number of rotatable bonds is 5. The van der Waals surface area contributed by atoms with Crippen molar-refractivity contribution in [3.05, 3.63) is 0 Å². The number of aliphatic hydroxyl groups is 6. The number of hydrogen-bond acceptors (Lipinski definition) is 7. The van der Waals surface area contributed by atoms with E-state index < -0.39 is 23.8 Å². The van der Waals surface area contributed by atoms with Crippen molar-refractivity contribution in [2.24, 2.45) is 5.41 Å². The molecule has 0 atom stereocenters. The second-order valence-electron chi connectivity index (χ2n) is 3.11. The van der Waals surface area contributed by atoms with Gasteiger partial charge in [-0.05, 0) is 6.42 Å². The third kappa shape index (κ3) is 2.08. The lowest BCUT2D eigenvalue weighted by Crippen LogP contribution is -2.63. The highest BCUT2D eigenvalue weighted by Crippen LogP contribution is 2.38. The molecule has 0 aromatic carbocycles. The van der Waals surface area contributed by atoms with Crippen LogP contribution in [0.4, 0.5) is 0 Å². The van der Waals surface area contributed by atoms with E-state index in [9.17, 15) is 4.79 Å². The SMILES string of the molecule is CCCC(C=O)(C(O)(O)O)C(O)(O)O. The summed E-state index contributed by atoms with van der Waals surface area (Å²) < 4.78 is 0. The molecule has 0 radical (unpaired) electrons. The fraction of sp³-hybridized carbons (Fsp3) is 0.857. The van der Waals surface area contributed by atoms with Crippen LogP contribution in [0.3, 0.4) is 0 Å². The zero-order valence-electron chi connectivity index (χ0n) is 7.58. The van der Waals surface area contributed by atoms with Crippen molar-refractivity contribution >= 4 is 6.29 Å². The Morgan fingerprint density at radius 2 is 1.36 bits per heavy atom. The summed E-state index contributed by atoms with van der Waals surface area (Å²) in [6, 6.07) is 0. The van der Waals surface area contributed by atoms with Crippen LogP contribution in [0.2, 0.25) is 0 Å². The molecule has 0 aliphatic rings. The molecule has 0 saturated heterocycles. The summed E-state index contributed by atoms with van der Waals surface area (Å²) in [5.74, 6) is -7.44. The predicted octanol–water partition coefficient (Wildman–Crippen LogP) is -2.77. The van der Waals surface area contributed by atoms with Crippen molar-refractivity contribution < 1.29 is 35.4 Å². The highest BCUT2D eigenvalue weighted by Gasteiger charge is 2.62. The molecule has 0 bridgehead atoms. The Hall–Kier alpha value is -0.570. The minimum absolute atomic E-state index is 0.103. The predicted molar refractivity (Wildman–Crippen MR) is 42.2 cm³/mol. The number of aldehydes is 1. The molecule has 7 nitrogen and oxygen atoms in total. The summed E-state index contributed by atoms with van der Waals surface area (Å²) in [6.07, 6.45) is -0.731. The molecular formula is C7H14O7. The van der Waals surface area contributed by atoms with Gasteiger partial charge in [-0.2, -0.15) is 0 Å². The molecule has 0 aliphatic carbocycles. The van der Waals surface area contributed by atoms with E-state index in [4.69, 9.17) is 30.6 Å². The average Bonchev–Trinajstić information content (AvgIpc) is 1.94. The molecule has 0 aromatic rings. The Balaban J connectivity index is 5.32. The third-order valence-corrected chi connectivity index (χ3v) is 2.04. The maximum absolute atomic E-state index is 10.6. The van der Waals surface area contributed by atoms with Gasteiger partial charge in [0.1, 0.15) is 6.29 Å². The van der Waals surface area contributed by atoms with Gasteiger partial charge in [-0.25, -0.2) is 0 Å². The summed E-state index contributed by atoms with van der Waals surface area (Å²) in [5, 5.41) is 52.8. The van der Waals surface area contributed by atoms with E-state index in [-0.39, 0.29) is 12.7 Å². The van der Waals surface area contributed by atoms with Gasteiger partial charge in [-0.15, -0.1) is 0 Å². The molecule has 7 heteroatoms. The van der Waals surface area contributed by atoms with Crippen LogP contribution in [0.15, 0.2) is 0 Å². The van der Waals surface area contributed by atoms with E-state index in [2.05, 4.69) is 0 Å². The zero-order chi connectivity index (χ0) is 11.6. The van der Waals surface area contributed by atoms with Crippen molar-refractivity contribution in [2.45, 2.75) is 31.7 Å². The van der Waals surface area contributed by atoms with Crippen LogP contribution in [0.5, 0.6) is 0 Å². The van der Waals surface area contributed by atoms with Gasteiger partial charge in [0.25, 0.3) is 11.9 Å². The molecule has 0 aromatic heterocycles. The average molecular weight is 210 g/mol. The van der Waals surface area contributed by atoms with Crippen molar-refractivity contribution in [3.8, 4) is 0 Å². The Kier molecular flexibility index (Phi) is 3.73. The molecule has 0 unspecified atom stereocenters. The van der Waals surface area contributed by atoms with Crippen LogP contribution < -0.4 is 0 Å². The van der Waals surface area contributed by atoms with Gasteiger partial charge in [0.05, 0.1) is 0 Å². The van der Waals surface area contributed by atoms with Gasteiger partial charge in [-0.1, -0.05) is 13.3 Å². The van der Waals surface area contributed by atoms with Crippen LogP contribution in [-0.4, -0.2) is 48.9 Å². The third-order valence-electron chi connectivity index (χ3n) is 2.04. The Labute approximate surface area is 79.9 Å². The Morgan fingerprint density at radius 1 is 1.00 bits per heavy atom. The van der Waals surface area contributed by atoms with Crippen molar-refractivity contribution in [3.63, 3.8) is 0 Å². The molecule has 0 heterocycles. The van der Waals surface area contributed by atoms with Crippen LogP contribution in [0.25, 0.3) is 0 Å². The number of carbonyl (C=O) groups excluding carboxylic acids is 1. The summed E-state index contributed by atoms with van der Waals surface area (Å²) >= 11 is 0. The van der Waals surface area contributed by atoms with E-state index in [1.165, 1.54) is 6.92 Å². The normalized spacial score (nSPS) is 14.2. The van der Waals surface area contributed by atoms with Gasteiger partial charge in [-0.3, -0.25) is 0 Å². The maximum atomic E-state index is 10.6. The quantitative estimate of drug-likeness (QED) is 0.213. The summed E-state index contributed by atoms with van der Waals surface area (Å²) in [6.45, 7) is 1.48. The Bertz CT molecular complexity index is 185. The maximum Gasteiger partial charge on any atom is 0.296 e. The van der Waals surface area contributed by atoms with Gasteiger partial charge >= 0.3 is 0 Å². The van der Waals surface area contributed by atoms with Crippen molar-refractivity contribution in [1.82, 2.24) is 0 Å². The first kappa shape index (κ1) is 13.4. The molecular weight excluding hydrogens is 196 g/mol. The van der Waals surface area contributed by atoms with Gasteiger partial charge in [0.15, 0.2) is 5.41 Å².